The van der Waals surface area contributed by atoms with Gasteiger partial charge in [0.15, 0.2) is 0 Å². The molecule has 1 aromatic rings. The Labute approximate surface area is 110 Å². The number of nitrogens with zero attached hydrogens (tertiary/aromatic N) is 1. The molecule has 2 N–H and O–H groups in total. The van der Waals surface area contributed by atoms with E-state index in [4.69, 9.17) is 5.73 Å². The van der Waals surface area contributed by atoms with Gasteiger partial charge in [-0.05, 0) is 12.1 Å². The van der Waals surface area contributed by atoms with Crippen molar-refractivity contribution in [2.75, 3.05) is 7.05 Å². The van der Waals surface area contributed by atoms with Gasteiger partial charge in [0.1, 0.15) is 5.70 Å². The fraction of sp³-hybridized carbons (Fsp3) is 0.273. The minimum Gasteiger partial charge on any atom is -0.444 e. The van der Waals surface area contributed by atoms with Crippen molar-refractivity contribution in [3.05, 3.63) is 40.2 Å². The second-order valence-corrected chi connectivity index (χ2v) is 4.76. The lowest BCUT2D eigenvalue weighted by atomic mass is 10.1. The highest BCUT2D eigenvalue weighted by Gasteiger charge is 2.49. The highest BCUT2D eigenvalue weighted by molar-refractivity contribution is 9.10. The van der Waals surface area contributed by atoms with Gasteiger partial charge >= 0.3 is 6.18 Å². The third-order valence-corrected chi connectivity index (χ3v) is 3.10. The van der Waals surface area contributed by atoms with Crippen LogP contribution in [0.25, 0.3) is 5.70 Å². The van der Waals surface area contributed by atoms with Crippen molar-refractivity contribution < 1.29 is 17.9 Å². The molecule has 0 amide bonds. The van der Waals surface area contributed by atoms with Crippen molar-refractivity contribution in [3.63, 3.8) is 0 Å². The van der Waals surface area contributed by atoms with E-state index in [1.807, 2.05) is 0 Å². The molecule has 0 spiro atoms. The number of hydrogen-bond donors (Lipinski definition) is 1. The first-order chi connectivity index (χ1) is 8.30. The third-order valence-electron chi connectivity index (χ3n) is 2.57. The van der Waals surface area contributed by atoms with Gasteiger partial charge in [0.25, 0.3) is 6.23 Å². The van der Waals surface area contributed by atoms with Crippen molar-refractivity contribution in [1.29, 1.82) is 0 Å². The van der Waals surface area contributed by atoms with Crippen molar-refractivity contribution in [3.8, 4) is 0 Å². The van der Waals surface area contributed by atoms with Gasteiger partial charge < -0.3 is 15.4 Å². The molecule has 0 aromatic heterocycles. The van der Waals surface area contributed by atoms with E-state index >= 15 is 0 Å². The molecular weight excluding hydrogens is 313 g/mol. The molecule has 7 heteroatoms. The van der Waals surface area contributed by atoms with E-state index in [1.165, 1.54) is 7.05 Å². The Kier molecular flexibility index (Phi) is 3.18. The van der Waals surface area contributed by atoms with Crippen LogP contribution in [0.3, 0.4) is 0 Å². The summed E-state index contributed by atoms with van der Waals surface area (Å²) < 4.78 is 43.6. The first-order valence-electron chi connectivity index (χ1n) is 5.02. The minimum atomic E-state index is -4.49. The van der Waals surface area contributed by atoms with Crippen LogP contribution in [-0.4, -0.2) is 24.4 Å². The van der Waals surface area contributed by atoms with Crippen LogP contribution < -0.4 is 5.73 Å². The maximum absolute atomic E-state index is 12.7. The summed E-state index contributed by atoms with van der Waals surface area (Å²) in [7, 11) is 1.30. The quantitative estimate of drug-likeness (QED) is 0.864. The first kappa shape index (κ1) is 13.1. The Bertz CT molecular complexity index is 484. The molecule has 18 heavy (non-hydrogen) atoms. The molecule has 2 rings (SSSR count). The van der Waals surface area contributed by atoms with Crippen molar-refractivity contribution in [1.82, 2.24) is 4.90 Å². The van der Waals surface area contributed by atoms with Crippen LogP contribution in [0.4, 0.5) is 13.2 Å². The number of ether oxygens (including phenoxy) is 1. The number of halogens is 4. The monoisotopic (exact) mass is 322 g/mol. The van der Waals surface area contributed by atoms with Gasteiger partial charge in [-0.3, -0.25) is 0 Å². The molecule has 0 bridgehead atoms. The van der Waals surface area contributed by atoms with Gasteiger partial charge in [-0.1, -0.05) is 28.1 Å². The third kappa shape index (κ3) is 2.27. The van der Waals surface area contributed by atoms with Gasteiger partial charge in [0.05, 0.1) is 0 Å². The van der Waals surface area contributed by atoms with E-state index in [2.05, 4.69) is 20.7 Å². The molecule has 0 saturated heterocycles. The number of alkyl halides is 3. The summed E-state index contributed by atoms with van der Waals surface area (Å²) in [5, 5.41) is 0. The largest absolute Gasteiger partial charge is 0.445 e. The molecule has 1 aromatic carbocycles. The number of hydrogen-bond acceptors (Lipinski definition) is 3. The standard InChI is InChI=1S/C11H10BrF3N2O/c1-17-8(6-2-4-7(12)5-3-6)9(16)18-10(17)11(13,14)15/h2-5,10H,16H2,1H3. The van der Waals surface area contributed by atoms with Crippen LogP contribution in [0.1, 0.15) is 5.56 Å². The second-order valence-electron chi connectivity index (χ2n) is 3.84. The highest BCUT2D eigenvalue weighted by Crippen LogP contribution is 2.37. The van der Waals surface area contributed by atoms with Crippen LogP contribution in [0.2, 0.25) is 0 Å². The van der Waals surface area contributed by atoms with Crippen LogP contribution in [-0.2, 0) is 4.74 Å². The fourth-order valence-corrected chi connectivity index (χ4v) is 2.05. The maximum atomic E-state index is 12.7. The number of nitrogens with two attached hydrogens (primary N) is 1. The van der Waals surface area contributed by atoms with E-state index in [1.54, 1.807) is 24.3 Å². The Morgan fingerprint density at radius 3 is 2.28 bits per heavy atom. The SMILES string of the molecule is CN1C(c2ccc(Br)cc2)=C(N)OC1C(F)(F)F. The topological polar surface area (TPSA) is 38.5 Å². The second kappa shape index (κ2) is 4.38. The smallest absolute Gasteiger partial charge is 0.444 e. The van der Waals surface area contributed by atoms with E-state index in [9.17, 15) is 13.2 Å². The minimum absolute atomic E-state index is 0.220. The lowest BCUT2D eigenvalue weighted by Gasteiger charge is -2.24. The van der Waals surface area contributed by atoms with Gasteiger partial charge in [0.2, 0.25) is 5.88 Å². The van der Waals surface area contributed by atoms with Crippen LogP contribution >= 0.6 is 15.9 Å². The van der Waals surface area contributed by atoms with Crippen LogP contribution in [0.5, 0.6) is 0 Å². The van der Waals surface area contributed by atoms with E-state index in [0.717, 1.165) is 9.37 Å². The van der Waals surface area contributed by atoms with E-state index in [0.29, 0.717) is 5.56 Å². The Morgan fingerprint density at radius 1 is 1.28 bits per heavy atom. The highest BCUT2D eigenvalue weighted by atomic mass is 79.9. The number of rotatable bonds is 1. The predicted octanol–water partition coefficient (Wildman–Crippen LogP) is 2.88. The summed E-state index contributed by atoms with van der Waals surface area (Å²) in [6.45, 7) is 0. The molecule has 1 aliphatic heterocycles. The fourth-order valence-electron chi connectivity index (χ4n) is 1.79. The van der Waals surface area contributed by atoms with Gasteiger partial charge in [0, 0.05) is 17.1 Å². The lowest BCUT2D eigenvalue weighted by Crippen LogP contribution is -2.40. The Hall–Kier alpha value is -1.37. The summed E-state index contributed by atoms with van der Waals surface area (Å²) in [4.78, 5) is 0.985. The summed E-state index contributed by atoms with van der Waals surface area (Å²) in [5.74, 6) is -0.220. The van der Waals surface area contributed by atoms with E-state index in [-0.39, 0.29) is 11.6 Å². The van der Waals surface area contributed by atoms with Crippen LogP contribution in [0, 0.1) is 0 Å². The molecular formula is C11H10BrF3N2O. The summed E-state index contributed by atoms with van der Waals surface area (Å²) in [6.07, 6.45) is -6.52. The summed E-state index contributed by atoms with van der Waals surface area (Å²) >= 11 is 3.26. The van der Waals surface area contributed by atoms with Crippen LogP contribution in [0.15, 0.2) is 34.6 Å². The number of benzene rings is 1. The molecule has 1 aliphatic rings. The normalized spacial score (nSPS) is 20.3. The summed E-state index contributed by atoms with van der Waals surface area (Å²) in [5.41, 5.74) is 6.35. The van der Waals surface area contributed by atoms with Crippen molar-refractivity contribution in [2.24, 2.45) is 5.73 Å². The molecule has 1 unspecified atom stereocenters. The van der Waals surface area contributed by atoms with Crippen molar-refractivity contribution >= 4 is 21.6 Å². The van der Waals surface area contributed by atoms with Gasteiger partial charge in [-0.15, -0.1) is 0 Å². The lowest BCUT2D eigenvalue weighted by molar-refractivity contribution is -0.233. The molecule has 1 heterocycles. The maximum Gasteiger partial charge on any atom is 0.445 e. The zero-order valence-corrected chi connectivity index (χ0v) is 10.9. The predicted molar refractivity (Wildman–Crippen MR) is 63.9 cm³/mol. The molecule has 0 fully saturated rings. The molecule has 3 nitrogen and oxygen atoms in total. The molecule has 1 atom stereocenters. The summed E-state index contributed by atoms with van der Waals surface area (Å²) in [6, 6.07) is 6.80. The van der Waals surface area contributed by atoms with Crippen molar-refractivity contribution in [2.45, 2.75) is 12.4 Å². The first-order valence-corrected chi connectivity index (χ1v) is 5.82. The Balaban J connectivity index is 2.34. The molecule has 98 valence electrons. The average molecular weight is 323 g/mol. The molecule has 0 radical (unpaired) electrons. The zero-order valence-electron chi connectivity index (χ0n) is 9.33. The average Bonchev–Trinajstić information content (AvgIpc) is 2.56. The van der Waals surface area contributed by atoms with E-state index < -0.39 is 12.4 Å². The molecule has 0 saturated carbocycles. The Morgan fingerprint density at radius 2 is 1.83 bits per heavy atom. The van der Waals surface area contributed by atoms with Gasteiger partial charge in [-0.25, -0.2) is 0 Å². The zero-order chi connectivity index (χ0) is 13.5. The van der Waals surface area contributed by atoms with Gasteiger partial charge in [-0.2, -0.15) is 13.2 Å². The molecule has 0 aliphatic carbocycles.